The average molecular weight is 224 g/mol. The van der Waals surface area contributed by atoms with Crippen molar-refractivity contribution in [2.45, 2.75) is 6.92 Å². The van der Waals surface area contributed by atoms with Crippen LogP contribution in [0.4, 0.5) is 0 Å². The van der Waals surface area contributed by atoms with Gasteiger partial charge in [-0.25, -0.2) is 0 Å². The molecule has 0 atom stereocenters. The number of fused-ring (bicyclic) bond motifs is 1. The van der Waals surface area contributed by atoms with E-state index in [4.69, 9.17) is 5.84 Å². The first-order chi connectivity index (χ1) is 8.29. The van der Waals surface area contributed by atoms with Gasteiger partial charge in [-0.3, -0.25) is 5.84 Å². The van der Waals surface area contributed by atoms with Crippen LogP contribution in [0.1, 0.15) is 5.82 Å². The van der Waals surface area contributed by atoms with E-state index in [0.717, 1.165) is 22.5 Å². The van der Waals surface area contributed by atoms with Crippen molar-refractivity contribution in [2.75, 3.05) is 5.84 Å². The molecule has 0 amide bonds. The van der Waals surface area contributed by atoms with Gasteiger partial charge in [-0.05, 0) is 24.3 Å². The molecule has 0 aliphatic rings. The van der Waals surface area contributed by atoms with Crippen molar-refractivity contribution in [2.24, 2.45) is 0 Å². The molecule has 1 aromatic heterocycles. The lowest BCUT2D eigenvalue weighted by atomic mass is 10.3. The van der Waals surface area contributed by atoms with Crippen LogP contribution in [-0.4, -0.2) is 4.57 Å². The van der Waals surface area contributed by atoms with Crippen molar-refractivity contribution in [3.63, 3.8) is 0 Å². The molecule has 17 heavy (non-hydrogen) atoms. The van der Waals surface area contributed by atoms with Crippen molar-refractivity contribution in [3.8, 4) is 5.69 Å². The van der Waals surface area contributed by atoms with Crippen molar-refractivity contribution in [1.29, 1.82) is 0 Å². The Hall–Kier alpha value is -2.29. The fourth-order valence-electron chi connectivity index (χ4n) is 2.22. The highest BCUT2D eigenvalue weighted by molar-refractivity contribution is 5.74. The number of imidazole rings is 1. The monoisotopic (exact) mass is 224 g/mol. The lowest BCUT2D eigenvalue weighted by Crippen LogP contribution is -2.46. The molecule has 0 spiro atoms. The summed E-state index contributed by atoms with van der Waals surface area (Å²) in [5, 5.41) is 0. The number of nitrogens with two attached hydrogens (primary N) is 1. The summed E-state index contributed by atoms with van der Waals surface area (Å²) in [5.41, 5.74) is 3.29. The maximum absolute atomic E-state index is 6.07. The van der Waals surface area contributed by atoms with E-state index in [1.165, 1.54) is 0 Å². The Kier molecular flexibility index (Phi) is 2.11. The molecule has 0 fully saturated rings. The van der Waals surface area contributed by atoms with E-state index in [2.05, 4.69) is 22.8 Å². The zero-order chi connectivity index (χ0) is 11.8. The van der Waals surface area contributed by atoms with Crippen LogP contribution in [0.15, 0.2) is 54.6 Å². The zero-order valence-corrected chi connectivity index (χ0v) is 9.67. The largest absolute Gasteiger partial charge is 0.282 e. The van der Waals surface area contributed by atoms with Crippen LogP contribution >= 0.6 is 0 Å². The number of benzene rings is 2. The summed E-state index contributed by atoms with van der Waals surface area (Å²) >= 11 is 0. The molecule has 84 valence electrons. The third-order valence-electron chi connectivity index (χ3n) is 3.07. The van der Waals surface area contributed by atoms with Crippen molar-refractivity contribution in [1.82, 2.24) is 4.57 Å². The van der Waals surface area contributed by atoms with Gasteiger partial charge >= 0.3 is 0 Å². The third-order valence-corrected chi connectivity index (χ3v) is 3.07. The van der Waals surface area contributed by atoms with E-state index in [0.29, 0.717) is 0 Å². The normalized spacial score (nSPS) is 10.9. The Morgan fingerprint density at radius 3 is 2.35 bits per heavy atom. The number of nitrogens with zero attached hydrogens (tertiary/aromatic N) is 2. The average Bonchev–Trinajstić information content (AvgIpc) is 2.64. The molecule has 0 saturated heterocycles. The highest BCUT2D eigenvalue weighted by Crippen LogP contribution is 2.18. The summed E-state index contributed by atoms with van der Waals surface area (Å²) in [6, 6.07) is 18.4. The van der Waals surface area contributed by atoms with E-state index >= 15 is 0 Å². The van der Waals surface area contributed by atoms with Crippen LogP contribution in [0.3, 0.4) is 0 Å². The standard InChI is InChI=1S/C14H14N3/c1-11-16(12-7-3-2-4-8-12)13-9-5-6-10-14(13)17(11)15/h2-10H,15H2,1H3/q+1. The topological polar surface area (TPSA) is 34.8 Å². The molecule has 1 heterocycles. The van der Waals surface area contributed by atoms with Crippen LogP contribution in [-0.2, 0) is 0 Å². The number of para-hydroxylation sites is 3. The quantitative estimate of drug-likeness (QED) is 0.497. The molecular weight excluding hydrogens is 210 g/mol. The van der Waals surface area contributed by atoms with E-state index in [1.807, 2.05) is 43.3 Å². The molecule has 0 radical (unpaired) electrons. The summed E-state index contributed by atoms with van der Waals surface area (Å²) in [7, 11) is 0. The minimum Gasteiger partial charge on any atom is -0.268 e. The lowest BCUT2D eigenvalue weighted by molar-refractivity contribution is -0.618. The van der Waals surface area contributed by atoms with Crippen molar-refractivity contribution < 1.29 is 4.68 Å². The first-order valence-electron chi connectivity index (χ1n) is 5.61. The van der Waals surface area contributed by atoms with Gasteiger partial charge in [0.1, 0.15) is 5.69 Å². The predicted molar refractivity (Wildman–Crippen MR) is 68.4 cm³/mol. The molecule has 0 aliphatic carbocycles. The van der Waals surface area contributed by atoms with E-state index < -0.39 is 0 Å². The molecule has 3 nitrogen and oxygen atoms in total. The lowest BCUT2D eigenvalue weighted by Gasteiger charge is -1.98. The summed E-state index contributed by atoms with van der Waals surface area (Å²) in [6.07, 6.45) is 0. The second-order valence-electron chi connectivity index (χ2n) is 4.08. The van der Waals surface area contributed by atoms with Gasteiger partial charge in [0.15, 0.2) is 11.0 Å². The highest BCUT2D eigenvalue weighted by Gasteiger charge is 2.20. The molecule has 3 aromatic rings. The number of hydrogen-bond donors (Lipinski definition) is 1. The Morgan fingerprint density at radius 2 is 1.59 bits per heavy atom. The second-order valence-corrected chi connectivity index (χ2v) is 4.08. The summed E-state index contributed by atoms with van der Waals surface area (Å²) in [4.78, 5) is 0. The molecule has 2 N–H and O–H groups in total. The van der Waals surface area contributed by atoms with Gasteiger partial charge in [0.05, 0.1) is 0 Å². The number of aromatic nitrogens is 2. The summed E-state index contributed by atoms with van der Waals surface area (Å²) < 4.78 is 3.89. The minimum absolute atomic E-state index is 1.01. The van der Waals surface area contributed by atoms with Crippen LogP contribution in [0.5, 0.6) is 0 Å². The van der Waals surface area contributed by atoms with E-state index in [9.17, 15) is 0 Å². The molecule has 0 aliphatic heterocycles. The van der Waals surface area contributed by atoms with Crippen LogP contribution in [0.2, 0.25) is 0 Å². The zero-order valence-electron chi connectivity index (χ0n) is 9.67. The smallest absolute Gasteiger partial charge is 0.268 e. The SMILES string of the molecule is Cc1n(-c2ccccc2)c2ccccc2[n+]1N. The van der Waals surface area contributed by atoms with Gasteiger partial charge in [-0.2, -0.15) is 4.57 Å². The van der Waals surface area contributed by atoms with Crippen LogP contribution in [0.25, 0.3) is 16.7 Å². The van der Waals surface area contributed by atoms with Gasteiger partial charge in [-0.1, -0.05) is 30.3 Å². The van der Waals surface area contributed by atoms with Crippen molar-refractivity contribution in [3.05, 3.63) is 60.4 Å². The predicted octanol–water partition coefficient (Wildman–Crippen LogP) is 1.94. The van der Waals surface area contributed by atoms with E-state index in [1.54, 1.807) is 4.68 Å². The third kappa shape index (κ3) is 1.40. The molecular formula is C14H14N3+. The van der Waals surface area contributed by atoms with Crippen molar-refractivity contribution >= 4 is 11.0 Å². The maximum Gasteiger partial charge on any atom is 0.282 e. The molecule has 0 saturated carbocycles. The summed E-state index contributed by atoms with van der Waals surface area (Å²) in [6.45, 7) is 2.02. The molecule has 3 heteroatoms. The Balaban J connectivity index is 2.41. The Labute approximate surface area is 99.7 Å². The molecule has 0 bridgehead atoms. The van der Waals surface area contributed by atoms with E-state index in [-0.39, 0.29) is 0 Å². The molecule has 0 unspecified atom stereocenters. The first kappa shape index (κ1) is 9.90. The number of nitrogen functional groups attached to an aromatic ring is 1. The van der Waals surface area contributed by atoms with Crippen LogP contribution in [0, 0.1) is 6.92 Å². The molecule has 3 rings (SSSR count). The molecule has 2 aromatic carbocycles. The Morgan fingerprint density at radius 1 is 0.941 bits per heavy atom. The van der Waals surface area contributed by atoms with Gasteiger partial charge in [-0.15, -0.1) is 4.68 Å². The fraction of sp³-hybridized carbons (Fsp3) is 0.0714. The van der Waals surface area contributed by atoms with Crippen LogP contribution < -0.4 is 10.5 Å². The van der Waals surface area contributed by atoms with Gasteiger partial charge in [0.2, 0.25) is 0 Å². The maximum atomic E-state index is 6.07. The fourth-order valence-corrected chi connectivity index (χ4v) is 2.22. The second kappa shape index (κ2) is 3.63. The number of rotatable bonds is 1. The first-order valence-corrected chi connectivity index (χ1v) is 5.61. The number of hydrogen-bond acceptors (Lipinski definition) is 1. The van der Waals surface area contributed by atoms with Gasteiger partial charge in [0, 0.05) is 6.92 Å². The summed E-state index contributed by atoms with van der Waals surface area (Å²) in [5.74, 6) is 7.08. The highest BCUT2D eigenvalue weighted by atomic mass is 15.3. The van der Waals surface area contributed by atoms with Gasteiger partial charge in [0.25, 0.3) is 5.82 Å². The Bertz CT molecular complexity index is 669. The van der Waals surface area contributed by atoms with Gasteiger partial charge < -0.3 is 0 Å². The minimum atomic E-state index is 1.01.